The maximum atomic E-state index is 14.2. The van der Waals surface area contributed by atoms with Gasteiger partial charge in [0.25, 0.3) is 5.91 Å². The van der Waals surface area contributed by atoms with E-state index in [0.29, 0.717) is 112 Å². The summed E-state index contributed by atoms with van der Waals surface area (Å²) in [6.07, 6.45) is 7.62. The maximum Gasteiger partial charge on any atom is 0.262 e. The fourth-order valence-corrected chi connectivity index (χ4v) is 8.90. The number of ether oxygens (including phenoxy) is 1. The smallest absolute Gasteiger partial charge is 0.262 e. The van der Waals surface area contributed by atoms with Crippen LogP contribution in [0, 0.1) is 16.2 Å². The molecule has 3 aromatic heterocycles. The molecule has 0 radical (unpaired) electrons. The van der Waals surface area contributed by atoms with Gasteiger partial charge < -0.3 is 36.0 Å². The Bertz CT molecular complexity index is 3630. The van der Waals surface area contributed by atoms with E-state index >= 15 is 0 Å². The molecule has 0 saturated carbocycles. The molecule has 386 valence electrons. The van der Waals surface area contributed by atoms with Crippen LogP contribution in [0.4, 0.5) is 22.7 Å². The van der Waals surface area contributed by atoms with Gasteiger partial charge in [-0.25, -0.2) is 9.97 Å². The van der Waals surface area contributed by atoms with Crippen molar-refractivity contribution >= 4 is 105 Å². The van der Waals surface area contributed by atoms with Gasteiger partial charge in [0.2, 0.25) is 17.7 Å². The maximum absolute atomic E-state index is 14.2. The van der Waals surface area contributed by atoms with E-state index < -0.39 is 22.2 Å². The fourth-order valence-electron chi connectivity index (χ4n) is 8.64. The van der Waals surface area contributed by atoms with Crippen molar-refractivity contribution in [2.45, 2.75) is 68.1 Å². The van der Waals surface area contributed by atoms with Crippen molar-refractivity contribution in [2.75, 3.05) is 27.9 Å². The van der Waals surface area contributed by atoms with Crippen molar-refractivity contribution in [1.29, 1.82) is 0 Å². The van der Waals surface area contributed by atoms with Crippen molar-refractivity contribution in [3.8, 4) is 39.1 Å². The van der Waals surface area contributed by atoms with E-state index in [0.717, 1.165) is 5.56 Å². The molecular weight excluding hydrogens is 969 g/mol. The number of para-hydroxylation sites is 4. The summed E-state index contributed by atoms with van der Waals surface area (Å²) in [7, 11) is 0. The molecule has 76 heavy (non-hydrogen) atoms. The van der Waals surface area contributed by atoms with Gasteiger partial charge in [0.05, 0.1) is 34.0 Å². The van der Waals surface area contributed by atoms with Crippen LogP contribution in [0.5, 0.6) is 5.75 Å². The summed E-state index contributed by atoms with van der Waals surface area (Å²) in [6.45, 7) is 16.5. The molecule has 4 amide bonds. The third-order valence-electron chi connectivity index (χ3n) is 12.9. The summed E-state index contributed by atoms with van der Waals surface area (Å²) in [5, 5.41) is 12.7. The SMILES string of the molecule is CC(C)(C)C(=O)Nc1ccccc1-c1c2nc(c(-c3ccccc3NC(=O)C(C)(C)C)c3ccc([nH]3)c(-c3ccccc3NC(=O)C(C)(C)C)c3nc(c(NC(=O)COc4ccccc4CS)c4ccc1[nH]4)C=C3)C=C2. The summed E-state index contributed by atoms with van der Waals surface area (Å²) in [5.41, 5.74) is 9.53. The number of thiol groups is 1. The van der Waals surface area contributed by atoms with Crippen LogP contribution < -0.4 is 26.0 Å². The first kappa shape index (κ1) is 52.4. The number of carbonyl (C=O) groups is 4. The number of hydrogen-bond donors (Lipinski definition) is 7. The minimum absolute atomic E-state index is 0.162. The lowest BCUT2D eigenvalue weighted by atomic mass is 9.94. The molecule has 8 bridgehead atoms. The molecule has 5 heterocycles. The lowest BCUT2D eigenvalue weighted by molar-refractivity contribution is -0.123. The largest absolute Gasteiger partial charge is 0.483 e. The van der Waals surface area contributed by atoms with E-state index in [4.69, 9.17) is 14.7 Å². The number of amides is 4. The molecule has 2 aliphatic heterocycles. The summed E-state index contributed by atoms with van der Waals surface area (Å²) < 4.78 is 6.08. The molecule has 14 heteroatoms. The van der Waals surface area contributed by atoms with E-state index in [2.05, 4.69) is 43.9 Å². The number of H-pyrrole nitrogens is 2. The van der Waals surface area contributed by atoms with Crippen LogP contribution in [0.2, 0.25) is 0 Å². The molecule has 9 rings (SSSR count). The van der Waals surface area contributed by atoms with Crippen molar-refractivity contribution in [3.63, 3.8) is 0 Å². The monoisotopic (exact) mass is 1030 g/mol. The number of carbonyl (C=O) groups excluding carboxylic acids is 4. The second-order valence-corrected chi connectivity index (χ2v) is 22.2. The Balaban J connectivity index is 1.39. The second kappa shape index (κ2) is 21.0. The molecule has 13 nitrogen and oxygen atoms in total. The Morgan fingerprint density at radius 3 is 1.24 bits per heavy atom. The number of aromatic nitrogens is 4. The van der Waals surface area contributed by atoms with Gasteiger partial charge in [-0.15, -0.1) is 0 Å². The first-order valence-electron chi connectivity index (χ1n) is 25.2. The van der Waals surface area contributed by atoms with Crippen molar-refractivity contribution in [3.05, 3.63) is 150 Å². The van der Waals surface area contributed by atoms with Gasteiger partial charge in [0, 0.05) is 94.6 Å². The Hall–Kier alpha value is -8.49. The van der Waals surface area contributed by atoms with Gasteiger partial charge >= 0.3 is 0 Å². The number of rotatable bonds is 11. The molecule has 0 aliphatic carbocycles. The number of nitrogens with one attached hydrogen (secondary N) is 6. The summed E-state index contributed by atoms with van der Waals surface area (Å²) in [4.78, 5) is 73.5. The van der Waals surface area contributed by atoms with E-state index in [1.165, 1.54) is 0 Å². The molecular formula is C62H62N8O5S. The molecule has 0 unspecified atom stereocenters. The Kier molecular flexibility index (Phi) is 14.5. The molecule has 6 N–H and O–H groups in total. The van der Waals surface area contributed by atoms with Crippen LogP contribution in [0.3, 0.4) is 0 Å². The minimum atomic E-state index is -0.704. The lowest BCUT2D eigenvalue weighted by Crippen LogP contribution is -2.27. The van der Waals surface area contributed by atoms with Gasteiger partial charge in [-0.3, -0.25) is 19.2 Å². The predicted molar refractivity (Wildman–Crippen MR) is 313 cm³/mol. The van der Waals surface area contributed by atoms with E-state index in [1.54, 1.807) is 6.07 Å². The molecule has 4 aromatic carbocycles. The molecule has 0 atom stereocenters. The van der Waals surface area contributed by atoms with Gasteiger partial charge in [-0.2, -0.15) is 12.6 Å². The number of aromatic amines is 2. The summed E-state index contributed by atoms with van der Waals surface area (Å²) in [6, 6.07) is 38.0. The number of hydrogen-bond acceptors (Lipinski definition) is 8. The highest BCUT2D eigenvalue weighted by Gasteiger charge is 2.28. The van der Waals surface area contributed by atoms with Crippen LogP contribution in [0.1, 0.15) is 90.7 Å². The molecule has 7 aromatic rings. The minimum Gasteiger partial charge on any atom is -0.483 e. The Labute approximate surface area is 448 Å². The van der Waals surface area contributed by atoms with Crippen molar-refractivity contribution in [1.82, 2.24) is 19.9 Å². The molecule has 0 fully saturated rings. The topological polar surface area (TPSA) is 183 Å². The van der Waals surface area contributed by atoms with Crippen molar-refractivity contribution < 1.29 is 23.9 Å². The highest BCUT2D eigenvalue weighted by Crippen LogP contribution is 2.42. The molecule has 0 spiro atoms. The van der Waals surface area contributed by atoms with E-state index in [-0.39, 0.29) is 24.3 Å². The summed E-state index contributed by atoms with van der Waals surface area (Å²) in [5.74, 6) is 0.0337. The third kappa shape index (κ3) is 11.1. The first-order valence-corrected chi connectivity index (χ1v) is 25.8. The van der Waals surface area contributed by atoms with E-state index in [9.17, 15) is 19.2 Å². The van der Waals surface area contributed by atoms with Crippen LogP contribution in [-0.2, 0) is 24.9 Å². The van der Waals surface area contributed by atoms with Crippen LogP contribution in [-0.4, -0.2) is 50.2 Å². The van der Waals surface area contributed by atoms with Crippen LogP contribution >= 0.6 is 12.6 Å². The zero-order valence-electron chi connectivity index (χ0n) is 44.2. The average molecular weight is 1030 g/mol. The number of anilines is 4. The van der Waals surface area contributed by atoms with Gasteiger partial charge in [-0.05, 0) is 72.8 Å². The third-order valence-corrected chi connectivity index (χ3v) is 13.2. The van der Waals surface area contributed by atoms with E-state index in [1.807, 2.05) is 202 Å². The number of fused-ring (bicyclic) bond motifs is 8. The number of benzene rings is 4. The predicted octanol–water partition coefficient (Wildman–Crippen LogP) is 14.1. The van der Waals surface area contributed by atoms with Crippen molar-refractivity contribution in [2.24, 2.45) is 16.2 Å². The second-order valence-electron chi connectivity index (χ2n) is 21.9. The highest BCUT2D eigenvalue weighted by atomic mass is 32.1. The average Bonchev–Trinajstić information content (AvgIpc) is 4.25. The standard InChI is InChI=1S/C62H62N8O5S/c1-60(2,3)57(72)67-40-22-14-11-19-37(40)53-43-26-28-45(63-43)54(38-20-12-15-23-41(38)68-58(73)61(4,5)6)47-30-32-49(65-47)56(70-52(71)34-75-51-25-17-10-18-36(51)35-76)50-33-31-48(66-50)55(46-29-27-44(53)64-46)39-21-13-16-24-42(39)69-59(74)62(7,8)9/h10-33,63,66,76H,34-35H2,1-9H3,(H,67,72)(H,68,73)(H,69,74)(H,70,71). The summed E-state index contributed by atoms with van der Waals surface area (Å²) >= 11 is 4.47. The van der Waals surface area contributed by atoms with Gasteiger partial charge in [0.1, 0.15) is 5.75 Å². The normalized spacial score (nSPS) is 12.3. The van der Waals surface area contributed by atoms with Crippen LogP contribution in [0.15, 0.2) is 121 Å². The molecule has 0 saturated heterocycles. The number of nitrogens with zero attached hydrogens (tertiary/aromatic N) is 2. The first-order chi connectivity index (χ1) is 36.2. The quantitative estimate of drug-likeness (QED) is 0.0629. The molecule has 2 aliphatic rings. The zero-order chi connectivity index (χ0) is 54.1. The fraction of sp³-hybridized carbons (Fsp3) is 0.226. The van der Waals surface area contributed by atoms with Crippen LogP contribution in [0.25, 0.3) is 79.8 Å². The lowest BCUT2D eigenvalue weighted by Gasteiger charge is -2.20. The zero-order valence-corrected chi connectivity index (χ0v) is 45.0. The van der Waals surface area contributed by atoms with Gasteiger partial charge in [-0.1, -0.05) is 135 Å². The van der Waals surface area contributed by atoms with Gasteiger partial charge in [0.15, 0.2) is 6.61 Å². The highest BCUT2D eigenvalue weighted by molar-refractivity contribution is 7.79. The Morgan fingerprint density at radius 1 is 0.461 bits per heavy atom. The Morgan fingerprint density at radius 2 is 0.816 bits per heavy atom.